The second-order valence-electron chi connectivity index (χ2n) is 9.29. The normalized spacial score (nSPS) is 32.5. The van der Waals surface area contributed by atoms with E-state index < -0.39 is 4.92 Å². The first-order valence-electron chi connectivity index (χ1n) is 9.95. The van der Waals surface area contributed by atoms with E-state index in [2.05, 4.69) is 31.4 Å². The van der Waals surface area contributed by atoms with Gasteiger partial charge in [-0.15, -0.1) is 0 Å². The third-order valence-electron chi connectivity index (χ3n) is 6.98. The van der Waals surface area contributed by atoms with Gasteiger partial charge >= 0.3 is 5.82 Å². The Hall–Kier alpha value is -2.23. The van der Waals surface area contributed by atoms with Crippen LogP contribution in [0.5, 0.6) is 0 Å². The van der Waals surface area contributed by atoms with Crippen LogP contribution in [0.1, 0.15) is 44.9 Å². The van der Waals surface area contributed by atoms with Crippen LogP contribution in [-0.4, -0.2) is 30.4 Å². The van der Waals surface area contributed by atoms with Crippen molar-refractivity contribution in [3.05, 3.63) is 33.0 Å². The molecule has 1 N–H and O–H groups in total. The lowest BCUT2D eigenvalue weighted by atomic mass is 9.46. The highest BCUT2D eigenvalue weighted by Crippen LogP contribution is 2.65. The summed E-state index contributed by atoms with van der Waals surface area (Å²) >= 11 is 3.29. The highest BCUT2D eigenvalue weighted by Gasteiger charge is 2.60. The second-order valence-corrected chi connectivity index (χ2v) is 10.1. The molecule has 2 heterocycles. The maximum Gasteiger partial charge on any atom is 0.404 e. The van der Waals surface area contributed by atoms with Crippen molar-refractivity contribution in [3.63, 3.8) is 0 Å². The van der Waals surface area contributed by atoms with Gasteiger partial charge in [-0.2, -0.15) is 9.78 Å². The van der Waals surface area contributed by atoms with Gasteiger partial charge in [0.15, 0.2) is 5.82 Å². The summed E-state index contributed by atoms with van der Waals surface area (Å²) in [6.45, 7) is 0. The first kappa shape index (κ1) is 18.8. The van der Waals surface area contributed by atoms with Crippen molar-refractivity contribution in [3.8, 4) is 0 Å². The molecule has 0 saturated heterocycles. The lowest BCUT2D eigenvalue weighted by molar-refractivity contribution is -0.390. The van der Waals surface area contributed by atoms with E-state index in [0.29, 0.717) is 28.5 Å². The molecule has 2 aromatic rings. The van der Waals surface area contributed by atoms with Gasteiger partial charge in [-0.3, -0.25) is 9.48 Å². The molecule has 2 aromatic heterocycles. The second kappa shape index (κ2) is 6.38. The number of anilines is 1. The van der Waals surface area contributed by atoms with Crippen molar-refractivity contribution in [2.45, 2.75) is 50.5 Å². The van der Waals surface area contributed by atoms with Gasteiger partial charge in [0.25, 0.3) is 0 Å². The topological polar surface area (TPSA) is 108 Å². The summed E-state index contributed by atoms with van der Waals surface area (Å²) in [5.74, 6) is 1.52. The van der Waals surface area contributed by atoms with Crippen LogP contribution in [0, 0.1) is 27.4 Å². The number of rotatable bonds is 5. The number of aryl methyl sites for hydroxylation is 1. The maximum atomic E-state index is 12.8. The fraction of sp³-hybridized carbons (Fsp3) is 0.632. The summed E-state index contributed by atoms with van der Waals surface area (Å²) in [5, 5.41) is 22.8. The molecule has 4 aliphatic carbocycles. The Morgan fingerprint density at radius 1 is 1.34 bits per heavy atom. The van der Waals surface area contributed by atoms with Crippen LogP contribution in [0.25, 0.3) is 0 Å². The molecule has 0 aromatic carbocycles. The summed E-state index contributed by atoms with van der Waals surface area (Å²) in [4.78, 5) is 23.7. The molecule has 1 amide bonds. The van der Waals surface area contributed by atoms with E-state index in [1.165, 1.54) is 6.42 Å². The fourth-order valence-corrected chi connectivity index (χ4v) is 7.01. The fourth-order valence-electron chi connectivity index (χ4n) is 6.60. The zero-order chi connectivity index (χ0) is 20.4. The Morgan fingerprint density at radius 2 is 2.07 bits per heavy atom. The van der Waals surface area contributed by atoms with Gasteiger partial charge in [0.2, 0.25) is 5.91 Å². The summed E-state index contributed by atoms with van der Waals surface area (Å²) in [6.07, 6.45) is 10.1. The Labute approximate surface area is 176 Å². The summed E-state index contributed by atoms with van der Waals surface area (Å²) in [7, 11) is 1.82. The minimum absolute atomic E-state index is 0.00609. The molecule has 0 radical (unpaired) electrons. The average molecular weight is 463 g/mol. The molecular formula is C19H23BrN6O3. The smallest absolute Gasteiger partial charge is 0.358 e. The number of nitro groups is 1. The largest absolute Gasteiger partial charge is 0.404 e. The van der Waals surface area contributed by atoms with Gasteiger partial charge in [0, 0.05) is 25.7 Å². The van der Waals surface area contributed by atoms with E-state index in [1.807, 2.05) is 11.7 Å². The van der Waals surface area contributed by atoms with Crippen molar-refractivity contribution in [1.82, 2.24) is 19.6 Å². The number of carbonyl (C=O) groups excluding carboxylic acids is 1. The van der Waals surface area contributed by atoms with Gasteiger partial charge in [-0.1, -0.05) is 0 Å². The van der Waals surface area contributed by atoms with Crippen LogP contribution in [-0.2, 0) is 17.4 Å². The molecule has 4 saturated carbocycles. The minimum atomic E-state index is -0.447. The van der Waals surface area contributed by atoms with Gasteiger partial charge < -0.3 is 15.4 Å². The number of hydrogen-bond acceptors (Lipinski definition) is 5. The Bertz CT molecular complexity index is 984. The van der Waals surface area contributed by atoms with Crippen LogP contribution < -0.4 is 5.32 Å². The molecule has 2 unspecified atom stereocenters. The molecule has 10 heteroatoms. The van der Waals surface area contributed by atoms with Gasteiger partial charge in [0.05, 0.1) is 16.8 Å². The summed E-state index contributed by atoms with van der Waals surface area (Å²) in [5.41, 5.74) is -0.303. The number of nitrogens with zero attached hydrogens (tertiary/aromatic N) is 5. The van der Waals surface area contributed by atoms with Crippen LogP contribution in [0.4, 0.5) is 11.6 Å². The molecular weight excluding hydrogens is 440 g/mol. The van der Waals surface area contributed by atoms with Crippen LogP contribution >= 0.6 is 15.9 Å². The first-order chi connectivity index (χ1) is 13.8. The van der Waals surface area contributed by atoms with E-state index in [-0.39, 0.29) is 22.7 Å². The lowest BCUT2D eigenvalue weighted by Gasteiger charge is -2.61. The molecule has 4 fully saturated rings. The standard InChI is InChI=1S/C19H23BrN6O3/c1-24-3-2-15(22-24)21-16(27)9-18-5-12-4-13(6-18)8-19(7-12,11-18)25-10-14(20)17(23-25)26(28)29/h2-3,10,12-13H,4-9,11H2,1H3,(H,21,22,27). The Kier molecular flexibility index (Phi) is 4.13. The minimum Gasteiger partial charge on any atom is -0.358 e. The number of hydrogen-bond donors (Lipinski definition) is 1. The van der Waals surface area contributed by atoms with E-state index in [9.17, 15) is 14.9 Å². The van der Waals surface area contributed by atoms with E-state index >= 15 is 0 Å². The summed E-state index contributed by atoms with van der Waals surface area (Å²) < 4.78 is 3.91. The SMILES string of the molecule is Cn1ccc(NC(=O)CC23CC4CC(C2)CC(n2cc(Br)c([N+](=O)[O-])n2)(C4)C3)n1. The highest BCUT2D eigenvalue weighted by atomic mass is 79.9. The number of nitrogens with one attached hydrogen (secondary N) is 1. The quantitative estimate of drug-likeness (QED) is 0.539. The Morgan fingerprint density at radius 3 is 2.66 bits per heavy atom. The molecule has 4 bridgehead atoms. The van der Waals surface area contributed by atoms with E-state index in [0.717, 1.165) is 32.1 Å². The van der Waals surface area contributed by atoms with Crippen molar-refractivity contribution >= 4 is 33.5 Å². The monoisotopic (exact) mass is 462 g/mol. The van der Waals surface area contributed by atoms with Crippen LogP contribution in [0.15, 0.2) is 22.9 Å². The lowest BCUT2D eigenvalue weighted by Crippen LogP contribution is -2.57. The zero-order valence-electron chi connectivity index (χ0n) is 16.2. The predicted molar refractivity (Wildman–Crippen MR) is 108 cm³/mol. The molecule has 2 atom stereocenters. The highest BCUT2D eigenvalue weighted by molar-refractivity contribution is 9.10. The van der Waals surface area contributed by atoms with Gasteiger partial charge in [-0.05, 0) is 76.6 Å². The third kappa shape index (κ3) is 3.17. The molecule has 154 valence electrons. The maximum absolute atomic E-state index is 12.8. The molecule has 0 aliphatic heterocycles. The number of aromatic nitrogens is 4. The number of amides is 1. The molecule has 6 rings (SSSR count). The molecule has 29 heavy (non-hydrogen) atoms. The zero-order valence-corrected chi connectivity index (χ0v) is 17.8. The van der Waals surface area contributed by atoms with Gasteiger partial charge in [0.1, 0.15) is 4.47 Å². The first-order valence-corrected chi connectivity index (χ1v) is 10.7. The van der Waals surface area contributed by atoms with Crippen molar-refractivity contribution in [2.75, 3.05) is 5.32 Å². The van der Waals surface area contributed by atoms with Crippen molar-refractivity contribution < 1.29 is 9.72 Å². The van der Waals surface area contributed by atoms with Crippen molar-refractivity contribution in [2.24, 2.45) is 24.3 Å². The van der Waals surface area contributed by atoms with Crippen molar-refractivity contribution in [1.29, 1.82) is 0 Å². The van der Waals surface area contributed by atoms with Gasteiger partial charge in [-0.25, -0.2) is 0 Å². The van der Waals surface area contributed by atoms with Crippen LogP contribution in [0.2, 0.25) is 0 Å². The average Bonchev–Trinajstić information content (AvgIpc) is 3.19. The molecule has 4 aliphatic rings. The molecule has 0 spiro atoms. The Balaban J connectivity index is 1.41. The van der Waals surface area contributed by atoms with E-state index in [1.54, 1.807) is 23.1 Å². The van der Waals surface area contributed by atoms with Crippen LogP contribution in [0.3, 0.4) is 0 Å². The molecule has 9 nitrogen and oxygen atoms in total. The number of halogens is 1. The third-order valence-corrected chi connectivity index (χ3v) is 7.54. The summed E-state index contributed by atoms with van der Waals surface area (Å²) in [6, 6.07) is 1.79. The van der Waals surface area contributed by atoms with E-state index in [4.69, 9.17) is 0 Å². The predicted octanol–water partition coefficient (Wildman–Crippen LogP) is 3.61. The number of carbonyl (C=O) groups is 1.